The van der Waals surface area contributed by atoms with Crippen LogP contribution in [0, 0.1) is 0 Å². The van der Waals surface area contributed by atoms with Crippen LogP contribution in [0.1, 0.15) is 90.4 Å². The molecule has 0 aliphatic carbocycles. The summed E-state index contributed by atoms with van der Waals surface area (Å²) >= 11 is 0. The number of hydrogen-bond acceptors (Lipinski definition) is 6. The molecule has 0 radical (unpaired) electrons. The summed E-state index contributed by atoms with van der Waals surface area (Å²) in [5.41, 5.74) is 3.08. The third-order valence-electron chi connectivity index (χ3n) is 5.08. The summed E-state index contributed by atoms with van der Waals surface area (Å²) < 4.78 is 32.3. The summed E-state index contributed by atoms with van der Waals surface area (Å²) in [5, 5.41) is 16.6. The second-order valence-corrected chi connectivity index (χ2v) is 9.12. The standard InChI is InChI=1S/C19H37NO7S/c1-2-3-4-9-12-16(22)13-10-7-5-6-8-11-14-17(28(25,26)27)19(20,15-21)18(23)24/h17,21H,2-15,20H2,1H3,(H,23,24)(H,25,26,27)/t17-,19-/m0/s1. The van der Waals surface area contributed by atoms with Gasteiger partial charge in [-0.1, -0.05) is 58.3 Å². The van der Waals surface area contributed by atoms with Gasteiger partial charge < -0.3 is 15.9 Å². The number of aliphatic carboxylic acids is 1. The molecular formula is C19H37NO7S. The van der Waals surface area contributed by atoms with Gasteiger partial charge in [0.25, 0.3) is 10.1 Å². The minimum Gasteiger partial charge on any atom is -0.480 e. The number of ketones is 1. The average Bonchev–Trinajstić information content (AvgIpc) is 2.62. The Morgan fingerprint density at radius 1 is 0.929 bits per heavy atom. The quantitative estimate of drug-likeness (QED) is 0.194. The number of unbranched alkanes of at least 4 members (excludes halogenated alkanes) is 8. The number of aliphatic hydroxyl groups excluding tert-OH is 1. The Kier molecular flexibility index (Phi) is 13.5. The molecule has 0 aliphatic heterocycles. The van der Waals surface area contributed by atoms with Gasteiger partial charge in [-0.05, 0) is 19.3 Å². The lowest BCUT2D eigenvalue weighted by molar-refractivity contribution is -0.145. The predicted molar refractivity (Wildman–Crippen MR) is 108 cm³/mol. The van der Waals surface area contributed by atoms with Crippen molar-refractivity contribution in [1.29, 1.82) is 0 Å². The van der Waals surface area contributed by atoms with Crippen molar-refractivity contribution in [3.63, 3.8) is 0 Å². The maximum Gasteiger partial charge on any atom is 0.327 e. The van der Waals surface area contributed by atoms with Crippen LogP contribution in [0.5, 0.6) is 0 Å². The van der Waals surface area contributed by atoms with Crippen LogP contribution in [0.2, 0.25) is 0 Å². The molecular weight excluding hydrogens is 386 g/mol. The highest BCUT2D eigenvalue weighted by atomic mass is 32.2. The monoisotopic (exact) mass is 423 g/mol. The first kappa shape index (κ1) is 27.0. The molecule has 0 saturated heterocycles. The van der Waals surface area contributed by atoms with Crippen LogP contribution >= 0.6 is 0 Å². The summed E-state index contributed by atoms with van der Waals surface area (Å²) in [6.45, 7) is 1.05. The molecule has 0 rings (SSSR count). The molecule has 0 aliphatic rings. The maximum absolute atomic E-state index is 11.7. The number of carboxylic acids is 1. The molecule has 166 valence electrons. The number of aliphatic hydroxyl groups is 1. The van der Waals surface area contributed by atoms with Crippen molar-refractivity contribution in [2.24, 2.45) is 5.73 Å². The fraction of sp³-hybridized carbons (Fsp3) is 0.895. The van der Waals surface area contributed by atoms with Crippen LogP contribution in [0.15, 0.2) is 0 Å². The number of Topliss-reactive ketones (excluding diaryl/α,β-unsaturated/α-hetero) is 1. The first-order chi connectivity index (χ1) is 13.1. The van der Waals surface area contributed by atoms with Gasteiger partial charge in [-0.2, -0.15) is 8.42 Å². The highest BCUT2D eigenvalue weighted by Gasteiger charge is 2.48. The van der Waals surface area contributed by atoms with E-state index < -0.39 is 33.5 Å². The first-order valence-electron chi connectivity index (χ1n) is 10.2. The van der Waals surface area contributed by atoms with E-state index in [4.69, 9.17) is 10.8 Å². The van der Waals surface area contributed by atoms with Crippen molar-refractivity contribution >= 4 is 21.9 Å². The second-order valence-electron chi connectivity index (χ2n) is 7.52. The molecule has 0 spiro atoms. The van der Waals surface area contributed by atoms with Crippen LogP contribution < -0.4 is 5.73 Å². The SMILES string of the molecule is CCCCCCC(=O)CCCCCCCC[C@@H]([C@@](N)(CO)C(=O)O)S(=O)(=O)O. The zero-order chi connectivity index (χ0) is 21.6. The molecule has 0 aromatic heterocycles. The smallest absolute Gasteiger partial charge is 0.327 e. The molecule has 0 unspecified atom stereocenters. The van der Waals surface area contributed by atoms with E-state index in [2.05, 4.69) is 6.92 Å². The molecule has 0 aromatic carbocycles. The van der Waals surface area contributed by atoms with E-state index in [9.17, 15) is 27.7 Å². The van der Waals surface area contributed by atoms with Gasteiger partial charge in [-0.3, -0.25) is 14.1 Å². The van der Waals surface area contributed by atoms with Gasteiger partial charge in [0.1, 0.15) is 11.0 Å². The Morgan fingerprint density at radius 3 is 1.82 bits per heavy atom. The number of nitrogens with two attached hydrogens (primary N) is 1. The highest BCUT2D eigenvalue weighted by Crippen LogP contribution is 2.22. The molecule has 0 saturated carbocycles. The Morgan fingerprint density at radius 2 is 1.39 bits per heavy atom. The second kappa shape index (κ2) is 14.0. The molecule has 9 heteroatoms. The number of carbonyl (C=O) groups excluding carboxylic acids is 1. The van der Waals surface area contributed by atoms with Gasteiger partial charge in [0.2, 0.25) is 0 Å². The molecule has 0 bridgehead atoms. The topological polar surface area (TPSA) is 155 Å². The molecule has 0 fully saturated rings. The number of carboxylic acid groups (broad SMARTS) is 1. The molecule has 28 heavy (non-hydrogen) atoms. The molecule has 2 atom stereocenters. The predicted octanol–water partition coefficient (Wildman–Crippen LogP) is 2.68. The molecule has 5 N–H and O–H groups in total. The first-order valence-corrected chi connectivity index (χ1v) is 11.7. The summed E-state index contributed by atoms with van der Waals surface area (Å²) in [6, 6.07) is 0. The number of carbonyl (C=O) groups is 2. The summed E-state index contributed by atoms with van der Waals surface area (Å²) in [4.78, 5) is 22.9. The largest absolute Gasteiger partial charge is 0.480 e. The number of rotatable bonds is 18. The lowest BCUT2D eigenvalue weighted by atomic mass is 9.93. The molecule has 0 heterocycles. The van der Waals surface area contributed by atoms with Crippen molar-refractivity contribution in [3.8, 4) is 0 Å². The van der Waals surface area contributed by atoms with Crippen LogP contribution in [-0.4, -0.2) is 52.3 Å². The van der Waals surface area contributed by atoms with E-state index in [-0.39, 0.29) is 6.42 Å². The minimum absolute atomic E-state index is 0.140. The normalized spacial score (nSPS) is 15.1. The summed E-state index contributed by atoms with van der Waals surface area (Å²) in [5.74, 6) is -1.36. The Labute approximate surface area is 168 Å². The van der Waals surface area contributed by atoms with Crippen molar-refractivity contribution in [2.75, 3.05) is 6.61 Å². The maximum atomic E-state index is 11.7. The minimum atomic E-state index is -4.71. The van der Waals surface area contributed by atoms with E-state index in [1.54, 1.807) is 0 Å². The fourth-order valence-corrected chi connectivity index (χ4v) is 4.38. The third kappa shape index (κ3) is 10.5. The summed E-state index contributed by atoms with van der Waals surface area (Å²) in [6.07, 6.45) is 9.99. The zero-order valence-corrected chi connectivity index (χ0v) is 17.8. The van der Waals surface area contributed by atoms with Gasteiger partial charge in [0, 0.05) is 12.8 Å². The third-order valence-corrected chi connectivity index (χ3v) is 6.45. The van der Waals surface area contributed by atoms with Gasteiger partial charge >= 0.3 is 5.97 Å². The lowest BCUT2D eigenvalue weighted by Crippen LogP contribution is -2.62. The van der Waals surface area contributed by atoms with Crippen molar-refractivity contribution in [3.05, 3.63) is 0 Å². The van der Waals surface area contributed by atoms with E-state index in [1.807, 2.05) is 0 Å². The molecule has 0 aromatic rings. The fourth-order valence-electron chi connectivity index (χ4n) is 3.21. The van der Waals surface area contributed by atoms with E-state index in [1.165, 1.54) is 6.42 Å². The van der Waals surface area contributed by atoms with Crippen molar-refractivity contribution in [1.82, 2.24) is 0 Å². The lowest BCUT2D eigenvalue weighted by Gasteiger charge is -2.29. The summed E-state index contributed by atoms with van der Waals surface area (Å²) in [7, 11) is -4.71. The van der Waals surface area contributed by atoms with Crippen LogP contribution in [0.3, 0.4) is 0 Å². The van der Waals surface area contributed by atoms with Gasteiger partial charge in [0.15, 0.2) is 5.54 Å². The molecule has 8 nitrogen and oxygen atoms in total. The molecule has 0 amide bonds. The van der Waals surface area contributed by atoms with Crippen LogP contribution in [0.4, 0.5) is 0 Å². The van der Waals surface area contributed by atoms with Gasteiger partial charge in [-0.25, -0.2) is 0 Å². The van der Waals surface area contributed by atoms with E-state index >= 15 is 0 Å². The van der Waals surface area contributed by atoms with Crippen molar-refractivity contribution < 1.29 is 32.8 Å². The van der Waals surface area contributed by atoms with E-state index in [0.717, 1.165) is 44.9 Å². The number of hydrogen-bond donors (Lipinski definition) is 4. The Hall–Kier alpha value is -1.03. The Bertz CT molecular complexity index is 565. The van der Waals surface area contributed by atoms with Crippen LogP contribution in [0.25, 0.3) is 0 Å². The Balaban J connectivity index is 4.05. The van der Waals surface area contributed by atoms with Crippen LogP contribution in [-0.2, 0) is 19.7 Å². The van der Waals surface area contributed by atoms with Crippen molar-refractivity contribution in [2.45, 2.75) is 101 Å². The highest BCUT2D eigenvalue weighted by molar-refractivity contribution is 7.86. The van der Waals surface area contributed by atoms with Gasteiger partial charge in [0.05, 0.1) is 6.61 Å². The average molecular weight is 424 g/mol. The van der Waals surface area contributed by atoms with Gasteiger partial charge in [-0.15, -0.1) is 0 Å². The van der Waals surface area contributed by atoms with E-state index in [0.29, 0.717) is 31.5 Å². The zero-order valence-electron chi connectivity index (χ0n) is 16.9.